The van der Waals surface area contributed by atoms with Crippen LogP contribution in [0.25, 0.3) is 0 Å². The summed E-state index contributed by atoms with van der Waals surface area (Å²) in [7, 11) is 2.83. The van der Waals surface area contributed by atoms with Gasteiger partial charge in [-0.1, -0.05) is 345 Å². The Labute approximate surface area is 809 Å². The fourth-order valence-electron chi connectivity index (χ4n) is 15.3. The average molecular weight is 1900 g/mol. The topological polar surface area (TPSA) is 289 Å². The number of esters is 2. The van der Waals surface area contributed by atoms with Gasteiger partial charge in [-0.05, 0) is 172 Å². The molecule has 0 aromatic heterocycles. The summed E-state index contributed by atoms with van der Waals surface area (Å²) in [5.41, 5.74) is 9.01. The molecule has 9 aromatic rings. The van der Waals surface area contributed by atoms with E-state index < -0.39 is 55.7 Å². The third-order valence-electron chi connectivity index (χ3n) is 22.4. The molecule has 0 aliphatic carbocycles. The fourth-order valence-corrected chi connectivity index (χ4v) is 23.1. The first-order chi connectivity index (χ1) is 60.9. The van der Waals surface area contributed by atoms with Crippen LogP contribution in [0.3, 0.4) is 0 Å². The number of carbonyl (C=O) groups is 6. The number of carbonyl (C=O) groups excluding carboxylic acids is 3. The van der Waals surface area contributed by atoms with Crippen molar-refractivity contribution >= 4 is 94.7 Å². The van der Waals surface area contributed by atoms with Crippen molar-refractivity contribution in [3.63, 3.8) is 0 Å². The average Bonchev–Trinajstić information content (AvgIpc) is 0.924. The van der Waals surface area contributed by atoms with E-state index in [-0.39, 0.29) is 106 Å². The highest BCUT2D eigenvalue weighted by molar-refractivity contribution is 8.02. The minimum Gasteiger partial charge on any atom is -0.481 e. The van der Waals surface area contributed by atoms with Crippen LogP contribution in [-0.4, -0.2) is 138 Å². The number of ether oxygens (including phenoxy) is 3. The minimum atomic E-state index is -0.879. The summed E-state index contributed by atoms with van der Waals surface area (Å²) in [6.45, 7) is 14.3. The minimum absolute atomic E-state index is 0. The second-order valence-electron chi connectivity index (χ2n) is 33.2. The molecule has 0 radical (unpaired) electrons. The lowest BCUT2D eigenvalue weighted by Gasteiger charge is -2.38. The van der Waals surface area contributed by atoms with Crippen LogP contribution in [0.15, 0.2) is 273 Å². The number of alkyl carbamates (subject to hydrolysis) is 1. The lowest BCUT2D eigenvalue weighted by Crippen LogP contribution is -2.38. The van der Waals surface area contributed by atoms with E-state index in [1.54, 1.807) is 63.0 Å². The number of methoxy groups -OCH3 is 2. The summed E-state index contributed by atoms with van der Waals surface area (Å²) in [5.74, 6) is -1.57. The predicted molar refractivity (Wildman–Crippen MR) is 553 cm³/mol. The number of carboxylic acid groups (broad SMARTS) is 3. The molecular formula is C108H147N3O16S5. The molecule has 2 aliphatic rings. The number of hydrogen-bond donors (Lipinski definition) is 4. The number of aliphatic carboxylic acids is 3. The van der Waals surface area contributed by atoms with Gasteiger partial charge in [0.15, 0.2) is 0 Å². The van der Waals surface area contributed by atoms with Crippen molar-refractivity contribution in [3.8, 4) is 0 Å². The number of nitrogens with zero attached hydrogens (tertiary/aromatic N) is 2. The number of carboxylic acids is 3. The monoisotopic (exact) mass is 1900 g/mol. The third kappa shape index (κ3) is 37.9. The fraction of sp³-hybridized carbons (Fsp3) is 0.444. The molecule has 19 nitrogen and oxygen atoms in total. The third-order valence-corrected chi connectivity index (χ3v) is 30.6. The molecule has 10 atom stereocenters. The van der Waals surface area contributed by atoms with Gasteiger partial charge in [-0.3, -0.25) is 44.2 Å². The number of thioether (sulfide) groups is 5. The summed E-state index contributed by atoms with van der Waals surface area (Å²) < 4.78 is 13.1. The van der Waals surface area contributed by atoms with E-state index in [1.165, 1.54) is 57.8 Å². The van der Waals surface area contributed by atoms with Gasteiger partial charge in [0, 0.05) is 32.1 Å². The van der Waals surface area contributed by atoms with Crippen molar-refractivity contribution in [2.24, 2.45) is 29.6 Å². The van der Waals surface area contributed by atoms with Crippen LogP contribution in [-0.2, 0) is 52.4 Å². The van der Waals surface area contributed by atoms with Crippen LogP contribution in [0.4, 0.5) is 4.79 Å². The van der Waals surface area contributed by atoms with Crippen molar-refractivity contribution in [2.75, 3.05) is 45.4 Å². The summed E-state index contributed by atoms with van der Waals surface area (Å²) in [6.07, 6.45) is 11.9. The van der Waals surface area contributed by atoms with Crippen LogP contribution >= 0.6 is 58.8 Å². The maximum atomic E-state index is 12.5. The van der Waals surface area contributed by atoms with E-state index in [1.807, 2.05) is 203 Å². The molecule has 132 heavy (non-hydrogen) atoms. The highest BCUT2D eigenvalue weighted by atomic mass is 32.2. The molecule has 0 saturated carbocycles. The Hall–Kier alpha value is -9.85. The molecular weight excluding hydrogens is 1760 g/mol. The number of nitro groups is 2. The Balaban J connectivity index is 0.000000582. The number of rotatable bonds is 41. The molecule has 720 valence electrons. The highest BCUT2D eigenvalue weighted by Crippen LogP contribution is 2.54. The van der Waals surface area contributed by atoms with Crippen molar-refractivity contribution < 1.29 is 68.1 Å². The van der Waals surface area contributed by atoms with Crippen LogP contribution in [0.5, 0.6) is 0 Å². The van der Waals surface area contributed by atoms with Gasteiger partial charge < -0.3 is 34.8 Å². The van der Waals surface area contributed by atoms with E-state index in [4.69, 9.17) is 14.6 Å². The largest absolute Gasteiger partial charge is 0.481 e. The van der Waals surface area contributed by atoms with Crippen molar-refractivity contribution in [1.29, 1.82) is 0 Å². The summed E-state index contributed by atoms with van der Waals surface area (Å²) in [5, 5.41) is 54.4. The van der Waals surface area contributed by atoms with E-state index in [9.17, 15) is 59.2 Å². The van der Waals surface area contributed by atoms with Crippen LogP contribution in [0, 0.1) is 49.8 Å². The van der Waals surface area contributed by atoms with Gasteiger partial charge in [0.25, 0.3) is 0 Å². The van der Waals surface area contributed by atoms with Crippen LogP contribution in [0.1, 0.15) is 232 Å². The van der Waals surface area contributed by atoms with Gasteiger partial charge in [0.2, 0.25) is 13.1 Å². The molecule has 1 amide bonds. The number of benzene rings is 9. The zero-order chi connectivity index (χ0) is 92.2. The van der Waals surface area contributed by atoms with Crippen molar-refractivity contribution in [3.05, 3.63) is 343 Å². The molecule has 2 aliphatic heterocycles. The SMILES string of the molecule is C.C.C.C.C.COC(=O)[C@@H](C)CCC(C[N+](=O)[O-])SC(c1ccccc1)(c1ccccc1)c1ccccc1.COC(=O)[C@@H](C)CCC1CCCS1.C[C@@H](CCC(CNC(=O)OC(C)(C)C)SC(c1ccccc1)(c1ccccc1)c1ccccc1)C(=O)O.C[C@@H](CCC(C[N+](=O)[O-])SC(c1ccccc1)(c1ccccc1)c1ccccc1)C(=O)O.C[C@@H](CCC1CCCS1)C(=O)O. The Morgan fingerprint density at radius 1 is 0.371 bits per heavy atom. The van der Waals surface area contributed by atoms with E-state index in [0.717, 1.165) is 79.8 Å². The summed E-state index contributed by atoms with van der Waals surface area (Å²) >= 11 is 8.94. The van der Waals surface area contributed by atoms with Crippen LogP contribution < -0.4 is 5.32 Å². The lowest BCUT2D eigenvalue weighted by atomic mass is 9.84. The summed E-state index contributed by atoms with van der Waals surface area (Å²) in [6, 6.07) is 91.4. The van der Waals surface area contributed by atoms with E-state index in [0.29, 0.717) is 45.1 Å². The molecule has 0 bridgehead atoms. The van der Waals surface area contributed by atoms with Crippen molar-refractivity contribution in [2.45, 2.75) is 229 Å². The van der Waals surface area contributed by atoms with Gasteiger partial charge >= 0.3 is 35.9 Å². The zero-order valence-electron chi connectivity index (χ0n) is 74.8. The second kappa shape index (κ2) is 61.9. The number of amides is 1. The first kappa shape index (κ1) is 118. The standard InChI is InChI=1S/C31H37NO4S.C27H29NO4S.C26H27NO4S.C10H18O2S.C9H16O2S.5CH4/c1-23(28(33)34)20-21-27(22-32-29(35)36-30(2,3)4)37-31(24-14-8-5-9-15-24,25-16-10-6-11-17-25)26-18-12-7-13-19-26;1-21(26(29)32-2)18-19-25(20-28(30)31)33-27(22-12-6-3-7-13-22,23-14-8-4-9-15-23)24-16-10-5-11-17-24;1-20(25(28)29)17-18-24(19-27(30)31)32-26(21-11-5-2-6-12-21,22-13-7-3-8-14-22)23-15-9-4-10-16-23;1-8(10(11)12-2)5-6-9-4-3-7-13-9;1-7(9(10)11)4-5-8-3-2-6-12-8;;;;;/h5-19,23,27H,20-22H2,1-4H3,(H,32,35)(H,33,34);3-17,21,25H,18-20H2,1-2H3;2-16,20,24H,17-19H2,1H3,(H,28,29);8-9H,3-7H2,1-2H3;7-8H,2-6H2,1H3,(H,10,11);5*1H4/t23-,27?;21-,25?;20-,24?;8-,9?;7-,8?;;;;;/m00000...../s1. The molecule has 5 unspecified atom stereocenters. The predicted octanol–water partition coefficient (Wildman–Crippen LogP) is 26.9. The van der Waals surface area contributed by atoms with Gasteiger partial charge in [-0.2, -0.15) is 23.5 Å². The van der Waals surface area contributed by atoms with Gasteiger partial charge in [0.1, 0.15) is 5.60 Å². The molecule has 9 aromatic carbocycles. The van der Waals surface area contributed by atoms with Crippen LogP contribution in [0.2, 0.25) is 0 Å². The van der Waals surface area contributed by atoms with Gasteiger partial charge in [-0.25, -0.2) is 4.79 Å². The van der Waals surface area contributed by atoms with E-state index in [2.05, 4.69) is 131 Å². The Morgan fingerprint density at radius 3 is 0.811 bits per heavy atom. The molecule has 2 fully saturated rings. The number of nitrogens with one attached hydrogen (secondary N) is 1. The smallest absolute Gasteiger partial charge is 0.407 e. The maximum Gasteiger partial charge on any atom is 0.407 e. The highest BCUT2D eigenvalue weighted by Gasteiger charge is 2.44. The molecule has 24 heteroatoms. The molecule has 11 rings (SSSR count). The molecule has 4 N–H and O–H groups in total. The molecule has 0 spiro atoms. The molecule has 2 heterocycles. The first-order valence-electron chi connectivity index (χ1n) is 43.8. The second-order valence-corrected chi connectivity index (χ2v) is 40.6. The first-order valence-corrected chi connectivity index (χ1v) is 48.5. The normalized spacial score (nSPS) is 15.0. The van der Waals surface area contributed by atoms with Crippen molar-refractivity contribution in [1.82, 2.24) is 5.32 Å². The zero-order valence-corrected chi connectivity index (χ0v) is 78.9. The van der Waals surface area contributed by atoms with Gasteiger partial charge in [0.05, 0.1) is 68.6 Å². The maximum absolute atomic E-state index is 12.5. The quantitative estimate of drug-likeness (QED) is 0.00910. The Bertz CT molecular complexity index is 4430. The number of hydrogen-bond acceptors (Lipinski definition) is 18. The Morgan fingerprint density at radius 2 is 0.591 bits per heavy atom. The molecule has 2 saturated heterocycles. The van der Waals surface area contributed by atoms with E-state index >= 15 is 0 Å². The van der Waals surface area contributed by atoms with Gasteiger partial charge in [-0.15, -0.1) is 35.3 Å². The summed E-state index contributed by atoms with van der Waals surface area (Å²) in [4.78, 5) is 91.6. The lowest BCUT2D eigenvalue weighted by molar-refractivity contribution is -0.479. The Kier molecular flexibility index (Phi) is 55.4.